The predicted molar refractivity (Wildman–Crippen MR) is 54.5 cm³/mol. The molecule has 1 saturated heterocycles. The van der Waals surface area contributed by atoms with Crippen molar-refractivity contribution in [1.82, 2.24) is 0 Å². The normalized spacial score (nSPS) is 26.6. The van der Waals surface area contributed by atoms with Crippen molar-refractivity contribution in [3.63, 3.8) is 0 Å². The van der Waals surface area contributed by atoms with Crippen LogP contribution >= 0.6 is 11.8 Å². The topological polar surface area (TPSA) is 50.4 Å². The highest BCUT2D eigenvalue weighted by atomic mass is 32.2. The molecule has 0 aliphatic carbocycles. The first kappa shape index (κ1) is 9.65. The SMILES string of the molecule is O=C(O)C1(Cc2ccoc2)CCCS1. The standard InChI is InChI=1S/C10H12O3S/c11-9(12)10(3-1-5-14-10)6-8-2-4-13-7-8/h2,4,7H,1,3,5-6H2,(H,11,12). The lowest BCUT2D eigenvalue weighted by molar-refractivity contribution is -0.139. The molecule has 4 heteroatoms. The highest BCUT2D eigenvalue weighted by molar-refractivity contribution is 8.01. The van der Waals surface area contributed by atoms with Gasteiger partial charge in [0.05, 0.1) is 12.5 Å². The molecule has 1 aliphatic heterocycles. The van der Waals surface area contributed by atoms with Crippen LogP contribution in [0.2, 0.25) is 0 Å². The van der Waals surface area contributed by atoms with Gasteiger partial charge in [-0.05, 0) is 30.2 Å². The molecule has 0 amide bonds. The zero-order chi connectivity index (χ0) is 10.0. The Bertz CT molecular complexity index is 312. The van der Waals surface area contributed by atoms with E-state index < -0.39 is 10.7 Å². The third-order valence-corrected chi connectivity index (χ3v) is 4.13. The van der Waals surface area contributed by atoms with E-state index in [2.05, 4.69) is 0 Å². The molecule has 14 heavy (non-hydrogen) atoms. The predicted octanol–water partition coefficient (Wildman–Crippen LogP) is 2.17. The molecule has 1 aliphatic rings. The quantitative estimate of drug-likeness (QED) is 0.834. The fourth-order valence-electron chi connectivity index (χ4n) is 1.80. The number of rotatable bonds is 3. The maximum Gasteiger partial charge on any atom is 0.320 e. The monoisotopic (exact) mass is 212 g/mol. The van der Waals surface area contributed by atoms with Crippen LogP contribution in [0.15, 0.2) is 23.0 Å². The Labute approximate surface area is 86.5 Å². The molecule has 0 spiro atoms. The number of aliphatic carboxylic acids is 1. The summed E-state index contributed by atoms with van der Waals surface area (Å²) in [4.78, 5) is 11.2. The fourth-order valence-corrected chi connectivity index (χ4v) is 3.16. The summed E-state index contributed by atoms with van der Waals surface area (Å²) in [5.74, 6) is 0.255. The molecule has 3 nitrogen and oxygen atoms in total. The summed E-state index contributed by atoms with van der Waals surface area (Å²) in [6.07, 6.45) is 5.55. The molecule has 1 aromatic heterocycles. The molecule has 2 heterocycles. The van der Waals surface area contributed by atoms with Crippen LogP contribution in [0.25, 0.3) is 0 Å². The van der Waals surface area contributed by atoms with Gasteiger partial charge in [-0.25, -0.2) is 0 Å². The van der Waals surface area contributed by atoms with Crippen molar-refractivity contribution in [1.29, 1.82) is 0 Å². The van der Waals surface area contributed by atoms with Gasteiger partial charge in [0, 0.05) is 6.42 Å². The van der Waals surface area contributed by atoms with Crippen molar-refractivity contribution in [2.24, 2.45) is 0 Å². The molecule has 1 unspecified atom stereocenters. The van der Waals surface area contributed by atoms with Gasteiger partial charge < -0.3 is 9.52 Å². The summed E-state index contributed by atoms with van der Waals surface area (Å²) in [6, 6.07) is 1.84. The zero-order valence-corrected chi connectivity index (χ0v) is 8.55. The fraction of sp³-hybridized carbons (Fsp3) is 0.500. The van der Waals surface area contributed by atoms with E-state index in [9.17, 15) is 9.90 Å². The maximum absolute atomic E-state index is 11.2. The molecule has 0 saturated carbocycles. The number of hydrogen-bond acceptors (Lipinski definition) is 3. The van der Waals surface area contributed by atoms with Gasteiger partial charge in [0.15, 0.2) is 0 Å². The Hall–Kier alpha value is -0.900. The Morgan fingerprint density at radius 3 is 3.07 bits per heavy atom. The van der Waals surface area contributed by atoms with Crippen molar-refractivity contribution in [3.8, 4) is 0 Å². The molecular weight excluding hydrogens is 200 g/mol. The van der Waals surface area contributed by atoms with E-state index >= 15 is 0 Å². The van der Waals surface area contributed by atoms with Gasteiger partial charge in [-0.3, -0.25) is 4.79 Å². The van der Waals surface area contributed by atoms with Gasteiger partial charge in [-0.2, -0.15) is 0 Å². The first-order chi connectivity index (χ1) is 6.73. The highest BCUT2D eigenvalue weighted by Crippen LogP contribution is 2.41. The average Bonchev–Trinajstić information content (AvgIpc) is 2.76. The third kappa shape index (κ3) is 1.66. The summed E-state index contributed by atoms with van der Waals surface area (Å²) in [6.45, 7) is 0. The lowest BCUT2D eigenvalue weighted by Gasteiger charge is -2.21. The van der Waals surface area contributed by atoms with Gasteiger partial charge >= 0.3 is 5.97 Å². The summed E-state index contributed by atoms with van der Waals surface area (Å²) in [7, 11) is 0. The third-order valence-electron chi connectivity index (χ3n) is 2.56. The van der Waals surface area contributed by atoms with Crippen LogP contribution < -0.4 is 0 Å². The van der Waals surface area contributed by atoms with Gasteiger partial charge in [0.2, 0.25) is 0 Å². The minimum atomic E-state index is -0.693. The molecule has 1 atom stereocenters. The summed E-state index contributed by atoms with van der Waals surface area (Å²) < 4.78 is 4.34. The van der Waals surface area contributed by atoms with Gasteiger partial charge in [-0.1, -0.05) is 0 Å². The van der Waals surface area contributed by atoms with Crippen LogP contribution in [0.3, 0.4) is 0 Å². The second-order valence-corrected chi connectivity index (χ2v) is 5.04. The van der Waals surface area contributed by atoms with Crippen molar-refractivity contribution in [2.75, 3.05) is 5.75 Å². The molecular formula is C10H12O3S. The first-order valence-electron chi connectivity index (χ1n) is 4.61. The van der Waals surface area contributed by atoms with Gasteiger partial charge in [-0.15, -0.1) is 11.8 Å². The van der Waals surface area contributed by atoms with Gasteiger partial charge in [0.25, 0.3) is 0 Å². The minimum absolute atomic E-state index is 0.573. The number of carboxylic acid groups (broad SMARTS) is 1. The van der Waals surface area contributed by atoms with E-state index in [-0.39, 0.29) is 0 Å². The van der Waals surface area contributed by atoms with E-state index in [1.54, 1.807) is 24.3 Å². The van der Waals surface area contributed by atoms with E-state index in [1.807, 2.05) is 6.07 Å². The van der Waals surface area contributed by atoms with Crippen molar-refractivity contribution >= 4 is 17.7 Å². The number of hydrogen-bond donors (Lipinski definition) is 1. The number of thioether (sulfide) groups is 1. The lowest BCUT2D eigenvalue weighted by atomic mass is 9.96. The van der Waals surface area contributed by atoms with Crippen molar-refractivity contribution in [2.45, 2.75) is 24.0 Å². The van der Waals surface area contributed by atoms with Crippen LogP contribution in [0.5, 0.6) is 0 Å². The molecule has 1 fully saturated rings. The van der Waals surface area contributed by atoms with Crippen molar-refractivity contribution in [3.05, 3.63) is 24.2 Å². The van der Waals surface area contributed by atoms with Crippen LogP contribution in [0, 0.1) is 0 Å². The van der Waals surface area contributed by atoms with Gasteiger partial charge in [0.1, 0.15) is 4.75 Å². The Morgan fingerprint density at radius 1 is 1.71 bits per heavy atom. The Balaban J connectivity index is 2.16. The summed E-state index contributed by atoms with van der Waals surface area (Å²) >= 11 is 1.55. The molecule has 2 rings (SSSR count). The van der Waals surface area contributed by atoms with E-state index in [1.165, 1.54) is 0 Å². The van der Waals surface area contributed by atoms with Crippen LogP contribution in [0.1, 0.15) is 18.4 Å². The highest BCUT2D eigenvalue weighted by Gasteiger charge is 2.42. The minimum Gasteiger partial charge on any atom is -0.480 e. The number of carbonyl (C=O) groups is 1. The smallest absolute Gasteiger partial charge is 0.320 e. The van der Waals surface area contributed by atoms with E-state index in [4.69, 9.17) is 4.42 Å². The lowest BCUT2D eigenvalue weighted by Crippen LogP contribution is -2.34. The Kier molecular flexibility index (Phi) is 2.54. The molecule has 0 bridgehead atoms. The molecule has 0 radical (unpaired) electrons. The first-order valence-corrected chi connectivity index (χ1v) is 5.60. The zero-order valence-electron chi connectivity index (χ0n) is 7.73. The van der Waals surface area contributed by atoms with Crippen LogP contribution in [-0.2, 0) is 11.2 Å². The molecule has 0 aromatic carbocycles. The van der Waals surface area contributed by atoms with Crippen LogP contribution in [0.4, 0.5) is 0 Å². The van der Waals surface area contributed by atoms with Crippen LogP contribution in [-0.4, -0.2) is 21.6 Å². The second-order valence-electron chi connectivity index (χ2n) is 3.56. The maximum atomic E-state index is 11.2. The number of carboxylic acids is 1. The summed E-state index contributed by atoms with van der Waals surface area (Å²) in [5.41, 5.74) is 0.974. The Morgan fingerprint density at radius 2 is 2.57 bits per heavy atom. The second kappa shape index (κ2) is 3.69. The van der Waals surface area contributed by atoms with Crippen molar-refractivity contribution < 1.29 is 14.3 Å². The largest absolute Gasteiger partial charge is 0.480 e. The van der Waals surface area contributed by atoms with E-state index in [0.717, 1.165) is 24.2 Å². The van der Waals surface area contributed by atoms with E-state index in [0.29, 0.717) is 6.42 Å². The molecule has 1 N–H and O–H groups in total. The molecule has 76 valence electrons. The number of furan rings is 1. The molecule has 1 aromatic rings. The average molecular weight is 212 g/mol. The summed E-state index contributed by atoms with van der Waals surface area (Å²) in [5, 5.41) is 9.21.